The number of fused-ring (bicyclic) bond motifs is 2. The molecule has 28 heavy (non-hydrogen) atoms. The summed E-state index contributed by atoms with van der Waals surface area (Å²) in [4.78, 5) is 25.6. The minimum absolute atomic E-state index is 0.0244. The van der Waals surface area contributed by atoms with Gasteiger partial charge in [-0.1, -0.05) is 30.3 Å². The van der Waals surface area contributed by atoms with Crippen LogP contribution < -0.4 is 14.8 Å². The number of benzene rings is 2. The van der Waals surface area contributed by atoms with Crippen LogP contribution in [-0.4, -0.2) is 23.1 Å². The Hall–Kier alpha value is -3.54. The van der Waals surface area contributed by atoms with Gasteiger partial charge in [0.1, 0.15) is 0 Å². The maximum atomic E-state index is 12.8. The number of amides is 1. The summed E-state index contributed by atoms with van der Waals surface area (Å²) in [6, 6.07) is 18.2. The van der Waals surface area contributed by atoms with Crippen LogP contribution in [0.5, 0.6) is 11.5 Å². The van der Waals surface area contributed by atoms with Crippen molar-refractivity contribution in [2.24, 2.45) is 0 Å². The molecule has 5 rings (SSSR count). The van der Waals surface area contributed by atoms with Gasteiger partial charge in [0, 0.05) is 29.6 Å². The van der Waals surface area contributed by atoms with Crippen LogP contribution in [0, 0.1) is 0 Å². The number of carbonyl (C=O) groups excluding carboxylic acids is 2. The van der Waals surface area contributed by atoms with E-state index in [4.69, 9.17) is 9.47 Å². The van der Waals surface area contributed by atoms with Crippen molar-refractivity contribution in [3.8, 4) is 11.5 Å². The Bertz CT molecular complexity index is 1070. The van der Waals surface area contributed by atoms with Crippen molar-refractivity contribution in [2.75, 3.05) is 12.1 Å². The fourth-order valence-corrected chi connectivity index (χ4v) is 3.85. The standard InChI is InChI=1S/C22H18N2O4/c25-21(14-4-2-1-3-5-14)18-8-7-17-16(10-11-24(17)18)22(26)23-15-6-9-19-20(12-15)28-13-27-19/h1-9,12,16H,10-11,13H2,(H,23,26)/t16-/m0/s1. The van der Waals surface area contributed by atoms with Crippen LogP contribution in [0.3, 0.4) is 0 Å². The molecular formula is C22H18N2O4. The molecule has 6 heteroatoms. The van der Waals surface area contributed by atoms with Crippen molar-refractivity contribution in [1.82, 2.24) is 4.57 Å². The average Bonchev–Trinajstić information content (AvgIpc) is 3.43. The first kappa shape index (κ1) is 16.6. The zero-order valence-corrected chi connectivity index (χ0v) is 15.1. The number of nitrogens with zero attached hydrogens (tertiary/aromatic N) is 1. The second-order valence-electron chi connectivity index (χ2n) is 6.89. The third kappa shape index (κ3) is 2.74. The summed E-state index contributed by atoms with van der Waals surface area (Å²) in [7, 11) is 0. The van der Waals surface area contributed by atoms with E-state index in [2.05, 4.69) is 5.32 Å². The largest absolute Gasteiger partial charge is 0.454 e. The van der Waals surface area contributed by atoms with Gasteiger partial charge in [-0.2, -0.15) is 0 Å². The van der Waals surface area contributed by atoms with Gasteiger partial charge in [-0.05, 0) is 30.7 Å². The fourth-order valence-electron chi connectivity index (χ4n) is 3.85. The van der Waals surface area contributed by atoms with Gasteiger partial charge in [-0.15, -0.1) is 0 Å². The van der Waals surface area contributed by atoms with Gasteiger partial charge in [-0.3, -0.25) is 9.59 Å². The van der Waals surface area contributed by atoms with E-state index in [0.717, 1.165) is 5.69 Å². The SMILES string of the molecule is O=C(c1ccccc1)c1ccc2n1CC[C@@H]2C(=O)Nc1ccc2c(c1)OCO2. The summed E-state index contributed by atoms with van der Waals surface area (Å²) < 4.78 is 12.6. The highest BCUT2D eigenvalue weighted by atomic mass is 16.7. The molecule has 3 heterocycles. The number of ether oxygens (including phenoxy) is 2. The van der Waals surface area contributed by atoms with E-state index in [0.29, 0.717) is 41.4 Å². The van der Waals surface area contributed by atoms with E-state index < -0.39 is 0 Å². The molecule has 3 aromatic rings. The smallest absolute Gasteiger partial charge is 0.233 e. The van der Waals surface area contributed by atoms with E-state index >= 15 is 0 Å². The topological polar surface area (TPSA) is 69.6 Å². The summed E-state index contributed by atoms with van der Waals surface area (Å²) >= 11 is 0. The summed E-state index contributed by atoms with van der Waals surface area (Å²) in [5, 5.41) is 2.95. The summed E-state index contributed by atoms with van der Waals surface area (Å²) in [6.45, 7) is 0.844. The monoisotopic (exact) mass is 374 g/mol. The number of rotatable bonds is 4. The highest BCUT2D eigenvalue weighted by molar-refractivity contribution is 6.08. The first-order valence-corrected chi connectivity index (χ1v) is 9.20. The van der Waals surface area contributed by atoms with Crippen LogP contribution in [-0.2, 0) is 11.3 Å². The molecule has 6 nitrogen and oxygen atoms in total. The van der Waals surface area contributed by atoms with Gasteiger partial charge >= 0.3 is 0 Å². The maximum Gasteiger partial charge on any atom is 0.233 e. The minimum atomic E-state index is -0.289. The molecular weight excluding hydrogens is 356 g/mol. The van der Waals surface area contributed by atoms with Crippen LogP contribution >= 0.6 is 0 Å². The Kier molecular flexibility index (Phi) is 3.90. The first-order chi connectivity index (χ1) is 13.7. The molecule has 2 aliphatic heterocycles. The second kappa shape index (κ2) is 6.56. The summed E-state index contributed by atoms with van der Waals surface area (Å²) in [5.41, 5.74) is 2.81. The zero-order valence-electron chi connectivity index (χ0n) is 15.1. The van der Waals surface area contributed by atoms with Gasteiger partial charge in [0.25, 0.3) is 0 Å². The lowest BCUT2D eigenvalue weighted by atomic mass is 10.0. The molecule has 0 saturated heterocycles. The Labute approximate surface area is 161 Å². The van der Waals surface area contributed by atoms with Gasteiger partial charge < -0.3 is 19.4 Å². The van der Waals surface area contributed by atoms with Crippen molar-refractivity contribution >= 4 is 17.4 Å². The fraction of sp³-hybridized carbons (Fsp3) is 0.182. The van der Waals surface area contributed by atoms with Crippen LogP contribution in [0.2, 0.25) is 0 Å². The van der Waals surface area contributed by atoms with Gasteiger partial charge in [-0.25, -0.2) is 0 Å². The Morgan fingerprint density at radius 1 is 0.964 bits per heavy atom. The number of ketones is 1. The van der Waals surface area contributed by atoms with Gasteiger partial charge in [0.15, 0.2) is 11.5 Å². The predicted octanol–water partition coefficient (Wildman–Crippen LogP) is 3.57. The number of hydrogen-bond donors (Lipinski definition) is 1. The van der Waals surface area contributed by atoms with Gasteiger partial charge in [0.05, 0.1) is 11.6 Å². The van der Waals surface area contributed by atoms with Crippen molar-refractivity contribution in [3.05, 3.63) is 77.6 Å². The molecule has 0 bridgehead atoms. The van der Waals surface area contributed by atoms with E-state index in [-0.39, 0.29) is 24.4 Å². The van der Waals surface area contributed by atoms with E-state index in [1.807, 2.05) is 34.9 Å². The molecule has 0 aliphatic carbocycles. The lowest BCUT2D eigenvalue weighted by Gasteiger charge is -2.11. The Morgan fingerprint density at radius 3 is 2.64 bits per heavy atom. The number of anilines is 1. The molecule has 0 saturated carbocycles. The van der Waals surface area contributed by atoms with Crippen LogP contribution in [0.1, 0.15) is 34.1 Å². The molecule has 0 spiro atoms. The van der Waals surface area contributed by atoms with Crippen molar-refractivity contribution < 1.29 is 19.1 Å². The highest BCUT2D eigenvalue weighted by Crippen LogP contribution is 2.36. The van der Waals surface area contributed by atoms with E-state index in [1.54, 1.807) is 30.3 Å². The van der Waals surface area contributed by atoms with Crippen LogP contribution in [0.25, 0.3) is 0 Å². The quantitative estimate of drug-likeness (QED) is 0.709. The Balaban J connectivity index is 1.36. The zero-order chi connectivity index (χ0) is 19.1. The Morgan fingerprint density at radius 2 is 1.79 bits per heavy atom. The normalized spacial score (nSPS) is 16.6. The molecule has 2 aromatic carbocycles. The van der Waals surface area contributed by atoms with E-state index in [1.165, 1.54) is 0 Å². The lowest BCUT2D eigenvalue weighted by Crippen LogP contribution is -2.19. The predicted molar refractivity (Wildman–Crippen MR) is 103 cm³/mol. The van der Waals surface area contributed by atoms with Crippen molar-refractivity contribution in [1.29, 1.82) is 0 Å². The van der Waals surface area contributed by atoms with Crippen LogP contribution in [0.15, 0.2) is 60.7 Å². The lowest BCUT2D eigenvalue weighted by molar-refractivity contribution is -0.117. The number of nitrogens with one attached hydrogen (secondary N) is 1. The summed E-state index contributed by atoms with van der Waals surface area (Å²) in [5.74, 6) is 0.904. The molecule has 1 amide bonds. The molecule has 1 aromatic heterocycles. The molecule has 1 atom stereocenters. The second-order valence-corrected chi connectivity index (χ2v) is 6.89. The minimum Gasteiger partial charge on any atom is -0.454 e. The van der Waals surface area contributed by atoms with Crippen LogP contribution in [0.4, 0.5) is 5.69 Å². The van der Waals surface area contributed by atoms with Crippen molar-refractivity contribution in [3.63, 3.8) is 0 Å². The molecule has 0 unspecified atom stereocenters. The number of aromatic nitrogens is 1. The molecule has 0 radical (unpaired) electrons. The summed E-state index contributed by atoms with van der Waals surface area (Å²) in [6.07, 6.45) is 0.668. The molecule has 2 aliphatic rings. The average molecular weight is 374 g/mol. The maximum absolute atomic E-state index is 12.8. The van der Waals surface area contributed by atoms with Gasteiger partial charge in [0.2, 0.25) is 18.5 Å². The highest BCUT2D eigenvalue weighted by Gasteiger charge is 2.32. The molecule has 140 valence electrons. The third-order valence-corrected chi connectivity index (χ3v) is 5.24. The number of carbonyl (C=O) groups is 2. The van der Waals surface area contributed by atoms with E-state index in [9.17, 15) is 9.59 Å². The number of hydrogen-bond acceptors (Lipinski definition) is 4. The third-order valence-electron chi connectivity index (χ3n) is 5.24. The van der Waals surface area contributed by atoms with Crippen molar-refractivity contribution in [2.45, 2.75) is 18.9 Å². The molecule has 0 fully saturated rings. The molecule has 1 N–H and O–H groups in total. The first-order valence-electron chi connectivity index (χ1n) is 9.20.